The van der Waals surface area contributed by atoms with Crippen LogP contribution in [0.1, 0.15) is 55.6 Å². The van der Waals surface area contributed by atoms with Crippen LogP contribution in [-0.2, 0) is 17.9 Å². The van der Waals surface area contributed by atoms with Crippen LogP contribution in [0.3, 0.4) is 0 Å². The first-order valence-electron chi connectivity index (χ1n) is 12.5. The number of anilines is 1. The molecule has 4 rings (SSSR count). The molecule has 1 amide bonds. The molecular weight excluding hydrogens is 444 g/mol. The van der Waals surface area contributed by atoms with E-state index in [1.54, 1.807) is 0 Å². The lowest BCUT2D eigenvalue weighted by Gasteiger charge is -2.34. The van der Waals surface area contributed by atoms with Crippen LogP contribution in [0.15, 0.2) is 36.7 Å². The summed E-state index contributed by atoms with van der Waals surface area (Å²) in [4.78, 5) is 37.1. The van der Waals surface area contributed by atoms with Gasteiger partial charge in [0.05, 0.1) is 23.3 Å². The highest BCUT2D eigenvalue weighted by molar-refractivity contribution is 5.96. The topological polar surface area (TPSA) is 104 Å². The molecule has 9 nitrogen and oxygen atoms in total. The van der Waals surface area contributed by atoms with Gasteiger partial charge in [0.1, 0.15) is 6.61 Å². The van der Waals surface area contributed by atoms with Gasteiger partial charge in [-0.3, -0.25) is 14.3 Å². The normalized spacial score (nSPS) is 14.4. The third-order valence-corrected chi connectivity index (χ3v) is 6.65. The van der Waals surface area contributed by atoms with Crippen LogP contribution in [0.4, 0.5) is 5.95 Å². The van der Waals surface area contributed by atoms with Crippen LogP contribution in [0, 0.1) is 5.92 Å². The molecular formula is C26H34N6O3. The Labute approximate surface area is 205 Å². The average Bonchev–Trinajstić information content (AvgIpc) is 3.25. The minimum Gasteiger partial charge on any atom is -0.388 e. The van der Waals surface area contributed by atoms with E-state index in [-0.39, 0.29) is 11.7 Å². The molecule has 0 spiro atoms. The number of benzene rings is 1. The Morgan fingerprint density at radius 3 is 2.49 bits per heavy atom. The maximum atomic E-state index is 12.9. The van der Waals surface area contributed by atoms with Gasteiger partial charge < -0.3 is 14.9 Å². The van der Waals surface area contributed by atoms with Crippen molar-refractivity contribution >= 4 is 28.5 Å². The van der Waals surface area contributed by atoms with Crippen molar-refractivity contribution in [2.45, 2.75) is 52.6 Å². The predicted molar refractivity (Wildman–Crippen MR) is 134 cm³/mol. The molecule has 1 aromatic carbocycles. The quantitative estimate of drug-likeness (QED) is 0.447. The fraction of sp³-hybridized carbons (Fsp3) is 0.500. The summed E-state index contributed by atoms with van der Waals surface area (Å²) < 4.78 is 2.05. The summed E-state index contributed by atoms with van der Waals surface area (Å²) in [5.74, 6) is 0.741. The average molecular weight is 479 g/mol. The molecule has 1 saturated heterocycles. The number of rotatable bonds is 10. The number of hydrogen-bond acceptors (Lipinski definition) is 7. The summed E-state index contributed by atoms with van der Waals surface area (Å²) in [6.45, 7) is 7.18. The highest BCUT2D eigenvalue weighted by atomic mass is 16.3. The number of ketones is 1. The standard InChI is InChI=1S/C26H34N6O3/c1-3-11-32-23-8-6-5-7-21(23)22(29-32)17-31(25(35)4-2)16-19-9-12-30(13-10-19)26-27-14-20(15-28-26)24(34)18-33/h5-8,14-15,19,33H,3-4,9-13,16-18H2,1-2H3. The first-order chi connectivity index (χ1) is 17.0. The number of para-hydroxylation sites is 1. The van der Waals surface area contributed by atoms with Crippen LogP contribution >= 0.6 is 0 Å². The van der Waals surface area contributed by atoms with E-state index in [9.17, 15) is 9.59 Å². The van der Waals surface area contributed by atoms with Crippen LogP contribution in [-0.4, -0.2) is 67.7 Å². The third-order valence-electron chi connectivity index (χ3n) is 6.65. The Balaban J connectivity index is 1.41. The zero-order chi connectivity index (χ0) is 24.8. The summed E-state index contributed by atoms with van der Waals surface area (Å²) in [5, 5.41) is 15.0. The summed E-state index contributed by atoms with van der Waals surface area (Å²) in [6.07, 6.45) is 6.27. The number of nitrogens with zero attached hydrogens (tertiary/aromatic N) is 6. The van der Waals surface area contributed by atoms with Crippen molar-refractivity contribution in [3.8, 4) is 0 Å². The zero-order valence-electron chi connectivity index (χ0n) is 20.6. The van der Waals surface area contributed by atoms with E-state index in [0.717, 1.165) is 55.5 Å². The number of aromatic nitrogens is 4. The lowest BCUT2D eigenvalue weighted by atomic mass is 9.96. The number of aliphatic hydroxyl groups is 1. The second-order valence-corrected chi connectivity index (χ2v) is 9.10. The number of aliphatic hydroxyl groups excluding tert-OH is 1. The van der Waals surface area contributed by atoms with Gasteiger partial charge in [-0.1, -0.05) is 32.0 Å². The maximum Gasteiger partial charge on any atom is 0.225 e. The molecule has 1 aliphatic heterocycles. The number of piperidine rings is 1. The molecule has 35 heavy (non-hydrogen) atoms. The van der Waals surface area contributed by atoms with Gasteiger partial charge >= 0.3 is 0 Å². The van der Waals surface area contributed by atoms with Crippen molar-refractivity contribution in [2.24, 2.45) is 5.92 Å². The van der Waals surface area contributed by atoms with Gasteiger partial charge in [0.15, 0.2) is 5.78 Å². The van der Waals surface area contributed by atoms with E-state index in [2.05, 4.69) is 38.6 Å². The van der Waals surface area contributed by atoms with Crippen molar-refractivity contribution < 1.29 is 14.7 Å². The lowest BCUT2D eigenvalue weighted by molar-refractivity contribution is -0.132. The van der Waals surface area contributed by atoms with Crippen LogP contribution in [0.5, 0.6) is 0 Å². The van der Waals surface area contributed by atoms with E-state index in [4.69, 9.17) is 10.2 Å². The number of aryl methyl sites for hydroxylation is 1. The summed E-state index contributed by atoms with van der Waals surface area (Å²) in [7, 11) is 0. The summed E-state index contributed by atoms with van der Waals surface area (Å²) in [5.41, 5.74) is 2.39. The van der Waals surface area contributed by atoms with Crippen molar-refractivity contribution in [1.82, 2.24) is 24.6 Å². The van der Waals surface area contributed by atoms with E-state index in [1.807, 2.05) is 24.0 Å². The Kier molecular flexibility index (Phi) is 8.07. The fourth-order valence-corrected chi connectivity index (χ4v) is 4.70. The number of Topliss-reactive ketones (excluding diaryl/α,β-unsaturated/α-hetero) is 1. The Morgan fingerprint density at radius 2 is 1.83 bits per heavy atom. The first kappa shape index (κ1) is 24.8. The minimum atomic E-state index is -0.546. The highest BCUT2D eigenvalue weighted by Crippen LogP contribution is 2.25. The van der Waals surface area contributed by atoms with Gasteiger partial charge in [-0.05, 0) is 31.2 Å². The second kappa shape index (κ2) is 11.4. The molecule has 0 atom stereocenters. The molecule has 0 saturated carbocycles. The monoisotopic (exact) mass is 478 g/mol. The number of carbonyl (C=O) groups is 2. The van der Waals surface area contributed by atoms with Gasteiger partial charge in [-0.2, -0.15) is 5.10 Å². The molecule has 3 heterocycles. The number of fused-ring (bicyclic) bond motifs is 1. The number of hydrogen-bond donors (Lipinski definition) is 1. The Bertz CT molecular complexity index is 1150. The molecule has 1 fully saturated rings. The van der Waals surface area contributed by atoms with Crippen molar-refractivity contribution in [1.29, 1.82) is 0 Å². The molecule has 1 N–H and O–H groups in total. The number of amides is 1. The van der Waals surface area contributed by atoms with E-state index >= 15 is 0 Å². The third kappa shape index (κ3) is 5.67. The van der Waals surface area contributed by atoms with Crippen LogP contribution in [0.2, 0.25) is 0 Å². The van der Waals surface area contributed by atoms with Gasteiger partial charge in [0, 0.05) is 50.4 Å². The molecule has 1 aliphatic rings. The Morgan fingerprint density at radius 1 is 1.11 bits per heavy atom. The highest BCUT2D eigenvalue weighted by Gasteiger charge is 2.26. The molecule has 0 radical (unpaired) electrons. The SMILES string of the molecule is CCCn1nc(CN(CC2CCN(c3ncc(C(=O)CO)cn3)CC2)C(=O)CC)c2ccccc21. The van der Waals surface area contributed by atoms with E-state index in [1.165, 1.54) is 12.4 Å². The number of carbonyl (C=O) groups excluding carboxylic acids is 2. The van der Waals surface area contributed by atoms with Gasteiger partial charge in [-0.15, -0.1) is 0 Å². The minimum absolute atomic E-state index is 0.147. The predicted octanol–water partition coefficient (Wildman–Crippen LogP) is 3.07. The zero-order valence-corrected chi connectivity index (χ0v) is 20.6. The van der Waals surface area contributed by atoms with Gasteiger partial charge in [-0.25, -0.2) is 9.97 Å². The molecule has 2 aromatic heterocycles. The van der Waals surface area contributed by atoms with E-state index in [0.29, 0.717) is 36.9 Å². The maximum absolute atomic E-state index is 12.9. The molecule has 9 heteroatoms. The lowest BCUT2D eigenvalue weighted by Crippen LogP contribution is -2.41. The first-order valence-corrected chi connectivity index (χ1v) is 12.5. The second-order valence-electron chi connectivity index (χ2n) is 9.10. The summed E-state index contributed by atoms with van der Waals surface area (Å²) in [6, 6.07) is 8.25. The molecule has 3 aromatic rings. The smallest absolute Gasteiger partial charge is 0.225 e. The van der Waals surface area contributed by atoms with Crippen molar-refractivity contribution in [3.05, 3.63) is 47.9 Å². The van der Waals surface area contributed by atoms with Crippen molar-refractivity contribution in [2.75, 3.05) is 31.1 Å². The fourth-order valence-electron chi connectivity index (χ4n) is 4.70. The van der Waals surface area contributed by atoms with Crippen LogP contribution < -0.4 is 4.90 Å². The Hall–Kier alpha value is -3.33. The van der Waals surface area contributed by atoms with Gasteiger partial charge in [0.2, 0.25) is 11.9 Å². The molecule has 186 valence electrons. The molecule has 0 bridgehead atoms. The van der Waals surface area contributed by atoms with Crippen molar-refractivity contribution in [3.63, 3.8) is 0 Å². The largest absolute Gasteiger partial charge is 0.388 e. The summed E-state index contributed by atoms with van der Waals surface area (Å²) >= 11 is 0. The van der Waals surface area contributed by atoms with Gasteiger partial charge in [0.25, 0.3) is 0 Å². The molecule has 0 unspecified atom stereocenters. The van der Waals surface area contributed by atoms with E-state index < -0.39 is 6.61 Å². The van der Waals surface area contributed by atoms with Crippen LogP contribution in [0.25, 0.3) is 10.9 Å². The molecule has 0 aliphatic carbocycles.